The van der Waals surface area contributed by atoms with Gasteiger partial charge in [-0.2, -0.15) is 0 Å². The topological polar surface area (TPSA) is 89.5 Å². The molecular formula is C14H25NO5S. The first-order valence-electron chi connectivity index (χ1n) is 7.24. The molecule has 1 fully saturated rings. The summed E-state index contributed by atoms with van der Waals surface area (Å²) in [5.74, 6) is -1.86. The van der Waals surface area contributed by atoms with Crippen LogP contribution in [-0.2, 0) is 24.2 Å². The Morgan fingerprint density at radius 2 is 1.95 bits per heavy atom. The Hall–Kier alpha value is -1.11. The highest BCUT2D eigenvalue weighted by Gasteiger charge is 2.40. The van der Waals surface area contributed by atoms with Gasteiger partial charge < -0.3 is 10.1 Å². The standard InChI is InChI=1S/C14H25NO5S/c1-5-20-13(17)11(14(2,3)4)12(16)15-10-7-6-8-21(18,19)9-10/h10-11H,5-9H2,1-4H3,(H,15,16). The van der Waals surface area contributed by atoms with Crippen molar-refractivity contribution in [3.05, 3.63) is 0 Å². The van der Waals surface area contributed by atoms with Gasteiger partial charge in [0.05, 0.1) is 18.1 Å². The fourth-order valence-corrected chi connectivity index (χ4v) is 4.14. The Kier molecular flexibility index (Phi) is 5.78. The molecule has 0 bridgehead atoms. The number of amides is 1. The van der Waals surface area contributed by atoms with Crippen molar-refractivity contribution in [1.82, 2.24) is 5.32 Å². The maximum Gasteiger partial charge on any atom is 0.319 e. The summed E-state index contributed by atoms with van der Waals surface area (Å²) in [4.78, 5) is 24.4. The van der Waals surface area contributed by atoms with Crippen molar-refractivity contribution >= 4 is 21.7 Å². The van der Waals surface area contributed by atoms with Crippen LogP contribution in [0.2, 0.25) is 0 Å². The minimum Gasteiger partial charge on any atom is -0.465 e. The van der Waals surface area contributed by atoms with Crippen LogP contribution < -0.4 is 5.32 Å². The molecule has 0 aromatic heterocycles. The SMILES string of the molecule is CCOC(=O)C(C(=O)NC1CCCS(=O)(=O)C1)C(C)(C)C. The van der Waals surface area contributed by atoms with Crippen LogP contribution in [0.1, 0.15) is 40.5 Å². The fourth-order valence-electron chi connectivity index (χ4n) is 2.50. The summed E-state index contributed by atoms with van der Waals surface area (Å²) in [6, 6.07) is -0.421. The Morgan fingerprint density at radius 1 is 1.33 bits per heavy atom. The molecule has 0 spiro atoms. The van der Waals surface area contributed by atoms with Gasteiger partial charge in [0.25, 0.3) is 0 Å². The molecule has 0 aromatic rings. The number of esters is 1. The third-order valence-electron chi connectivity index (χ3n) is 3.46. The fraction of sp³-hybridized carbons (Fsp3) is 0.857. The number of carbonyl (C=O) groups excluding carboxylic acids is 2. The van der Waals surface area contributed by atoms with Gasteiger partial charge >= 0.3 is 5.97 Å². The zero-order valence-electron chi connectivity index (χ0n) is 13.1. The molecule has 0 saturated carbocycles. The predicted molar refractivity (Wildman–Crippen MR) is 79.4 cm³/mol. The highest BCUT2D eigenvalue weighted by molar-refractivity contribution is 7.91. The van der Waals surface area contributed by atoms with Gasteiger partial charge in [0, 0.05) is 6.04 Å². The number of hydrogen-bond donors (Lipinski definition) is 1. The number of carbonyl (C=O) groups is 2. The molecule has 2 unspecified atom stereocenters. The van der Waals surface area contributed by atoms with Crippen LogP contribution >= 0.6 is 0 Å². The lowest BCUT2D eigenvalue weighted by atomic mass is 9.80. The van der Waals surface area contributed by atoms with E-state index in [4.69, 9.17) is 4.74 Å². The Balaban J connectivity index is 2.80. The molecule has 2 atom stereocenters. The summed E-state index contributed by atoms with van der Waals surface area (Å²) < 4.78 is 28.2. The number of hydrogen-bond acceptors (Lipinski definition) is 5. The largest absolute Gasteiger partial charge is 0.465 e. The quantitative estimate of drug-likeness (QED) is 0.614. The molecule has 0 aliphatic carbocycles. The molecule has 1 heterocycles. The van der Waals surface area contributed by atoms with Crippen molar-refractivity contribution < 1.29 is 22.7 Å². The molecule has 122 valence electrons. The number of nitrogens with one attached hydrogen (secondary N) is 1. The molecule has 1 aliphatic rings. The molecule has 7 heteroatoms. The molecule has 1 aliphatic heterocycles. The molecule has 1 rings (SSSR count). The maximum atomic E-state index is 12.4. The maximum absolute atomic E-state index is 12.4. The molecule has 1 amide bonds. The highest BCUT2D eigenvalue weighted by atomic mass is 32.2. The van der Waals surface area contributed by atoms with Gasteiger partial charge in [-0.25, -0.2) is 8.42 Å². The van der Waals surface area contributed by atoms with Gasteiger partial charge in [0.1, 0.15) is 5.92 Å². The van der Waals surface area contributed by atoms with Crippen molar-refractivity contribution in [1.29, 1.82) is 0 Å². The first kappa shape index (κ1) is 17.9. The number of rotatable bonds is 4. The molecule has 0 aromatic carbocycles. The highest BCUT2D eigenvalue weighted by Crippen LogP contribution is 2.28. The van der Waals surface area contributed by atoms with E-state index < -0.39 is 39.1 Å². The summed E-state index contributed by atoms with van der Waals surface area (Å²) in [7, 11) is -3.10. The van der Waals surface area contributed by atoms with Gasteiger partial charge in [0.15, 0.2) is 9.84 Å². The Morgan fingerprint density at radius 3 is 2.43 bits per heavy atom. The minimum absolute atomic E-state index is 0.0571. The van der Waals surface area contributed by atoms with E-state index in [2.05, 4.69) is 5.32 Å². The summed E-state index contributed by atoms with van der Waals surface area (Å²) >= 11 is 0. The van der Waals surface area contributed by atoms with Gasteiger partial charge in [-0.3, -0.25) is 9.59 Å². The van der Waals surface area contributed by atoms with Crippen molar-refractivity contribution in [2.45, 2.75) is 46.6 Å². The normalized spacial score (nSPS) is 23.1. The molecule has 1 N–H and O–H groups in total. The van der Waals surface area contributed by atoms with Crippen LogP contribution in [0.3, 0.4) is 0 Å². The van der Waals surface area contributed by atoms with Crippen LogP contribution in [0.25, 0.3) is 0 Å². The van der Waals surface area contributed by atoms with E-state index in [1.54, 1.807) is 27.7 Å². The molecule has 6 nitrogen and oxygen atoms in total. The van der Waals surface area contributed by atoms with Crippen LogP contribution in [-0.4, -0.2) is 44.4 Å². The average molecular weight is 319 g/mol. The van der Waals surface area contributed by atoms with E-state index in [1.807, 2.05) is 0 Å². The van der Waals surface area contributed by atoms with Gasteiger partial charge in [-0.05, 0) is 25.2 Å². The lowest BCUT2D eigenvalue weighted by Gasteiger charge is -2.30. The Labute approximate surface area is 126 Å². The van der Waals surface area contributed by atoms with Gasteiger partial charge in [0.2, 0.25) is 5.91 Å². The lowest BCUT2D eigenvalue weighted by molar-refractivity contribution is -0.156. The second kappa shape index (κ2) is 6.77. The lowest BCUT2D eigenvalue weighted by Crippen LogP contribution is -2.50. The molecule has 1 saturated heterocycles. The van der Waals surface area contributed by atoms with Crippen molar-refractivity contribution in [3.8, 4) is 0 Å². The third-order valence-corrected chi connectivity index (χ3v) is 5.28. The second-order valence-corrected chi connectivity index (χ2v) is 8.74. The smallest absolute Gasteiger partial charge is 0.319 e. The Bertz CT molecular complexity index is 492. The molecular weight excluding hydrogens is 294 g/mol. The average Bonchev–Trinajstić information content (AvgIpc) is 2.25. The van der Waals surface area contributed by atoms with E-state index in [0.29, 0.717) is 12.8 Å². The van der Waals surface area contributed by atoms with Crippen molar-refractivity contribution in [2.75, 3.05) is 18.1 Å². The first-order valence-corrected chi connectivity index (χ1v) is 9.06. The summed E-state index contributed by atoms with van der Waals surface area (Å²) in [6.45, 7) is 7.24. The minimum atomic E-state index is -3.10. The molecule has 21 heavy (non-hydrogen) atoms. The predicted octanol–water partition coefficient (Wildman–Crippen LogP) is 0.905. The van der Waals surface area contributed by atoms with E-state index in [-0.39, 0.29) is 18.1 Å². The number of sulfone groups is 1. The van der Waals surface area contributed by atoms with E-state index in [9.17, 15) is 18.0 Å². The summed E-state index contributed by atoms with van der Waals surface area (Å²) in [5.41, 5.74) is -0.593. The van der Waals surface area contributed by atoms with Crippen LogP contribution in [0.4, 0.5) is 0 Å². The summed E-state index contributed by atoms with van der Waals surface area (Å²) in [5, 5.41) is 2.70. The van der Waals surface area contributed by atoms with Crippen molar-refractivity contribution in [2.24, 2.45) is 11.3 Å². The van der Waals surface area contributed by atoms with Crippen LogP contribution in [0.15, 0.2) is 0 Å². The van der Waals surface area contributed by atoms with Gasteiger partial charge in [-0.1, -0.05) is 20.8 Å². The van der Waals surface area contributed by atoms with E-state index in [1.165, 1.54) is 0 Å². The van der Waals surface area contributed by atoms with Gasteiger partial charge in [-0.15, -0.1) is 0 Å². The molecule has 0 radical (unpaired) electrons. The van der Waals surface area contributed by atoms with E-state index in [0.717, 1.165) is 0 Å². The zero-order valence-corrected chi connectivity index (χ0v) is 14.0. The monoisotopic (exact) mass is 319 g/mol. The summed E-state index contributed by atoms with van der Waals surface area (Å²) in [6.07, 6.45) is 1.15. The second-order valence-electron chi connectivity index (χ2n) is 6.51. The van der Waals surface area contributed by atoms with Crippen LogP contribution in [0, 0.1) is 11.3 Å². The van der Waals surface area contributed by atoms with Crippen LogP contribution in [0.5, 0.6) is 0 Å². The van der Waals surface area contributed by atoms with E-state index >= 15 is 0 Å². The third kappa shape index (κ3) is 5.30. The zero-order chi connectivity index (χ0) is 16.3. The number of ether oxygens (including phenoxy) is 1. The van der Waals surface area contributed by atoms with Crippen molar-refractivity contribution in [3.63, 3.8) is 0 Å². The first-order chi connectivity index (χ1) is 9.57.